The van der Waals surface area contributed by atoms with Gasteiger partial charge in [0.1, 0.15) is 0 Å². The van der Waals surface area contributed by atoms with Gasteiger partial charge in [0.25, 0.3) is 0 Å². The molecule has 0 radical (unpaired) electrons. The Morgan fingerprint density at radius 3 is 2.12 bits per heavy atom. The molecule has 0 fully saturated rings. The maximum atomic E-state index is 12.2. The van der Waals surface area contributed by atoms with Gasteiger partial charge in [-0.2, -0.15) is 0 Å². The molecule has 0 aromatic heterocycles. The van der Waals surface area contributed by atoms with E-state index < -0.39 is 0 Å². The van der Waals surface area contributed by atoms with Crippen LogP contribution in [0.3, 0.4) is 0 Å². The maximum absolute atomic E-state index is 12.2. The number of methoxy groups -OCH3 is 3. The number of ether oxygens (including phenoxy) is 3. The van der Waals surface area contributed by atoms with Gasteiger partial charge in [-0.15, -0.1) is 0 Å². The highest BCUT2D eigenvalue weighted by molar-refractivity contribution is 9.10. The minimum atomic E-state index is -0.0323. The van der Waals surface area contributed by atoms with Crippen molar-refractivity contribution in [2.24, 2.45) is 0 Å². The normalized spacial score (nSPS) is 10.3. The van der Waals surface area contributed by atoms with Gasteiger partial charge in [0.05, 0.1) is 21.3 Å². The summed E-state index contributed by atoms with van der Waals surface area (Å²) in [6.07, 6.45) is 3.22. The number of hydrogen-bond donors (Lipinski definition) is 1. The Bertz CT molecular complexity index is 706. The number of carbonyl (C=O) groups excluding carboxylic acids is 1. The number of rotatable bonds is 9. The number of carbonyl (C=O) groups is 1. The molecule has 2 rings (SSSR count). The number of aryl methyl sites for hydroxylation is 1. The van der Waals surface area contributed by atoms with Gasteiger partial charge in [0, 0.05) is 28.7 Å². The van der Waals surface area contributed by atoms with E-state index in [4.69, 9.17) is 14.2 Å². The minimum absolute atomic E-state index is 0.0323. The second kappa shape index (κ2) is 10.1. The van der Waals surface area contributed by atoms with E-state index in [1.165, 1.54) is 5.56 Å². The third-order valence-electron chi connectivity index (χ3n) is 3.98. The average molecular weight is 422 g/mol. The predicted molar refractivity (Wildman–Crippen MR) is 106 cm³/mol. The lowest BCUT2D eigenvalue weighted by atomic mass is 10.1. The lowest BCUT2D eigenvalue weighted by Crippen LogP contribution is -2.11. The molecular formula is C20H24BrNO4. The van der Waals surface area contributed by atoms with Crippen LogP contribution in [0.25, 0.3) is 0 Å². The third-order valence-corrected chi connectivity index (χ3v) is 4.51. The first-order valence-corrected chi connectivity index (χ1v) is 9.21. The summed E-state index contributed by atoms with van der Waals surface area (Å²) in [5, 5.41) is 2.89. The number of unbranched alkanes of at least 4 members (excludes halogenated alkanes) is 1. The summed E-state index contributed by atoms with van der Waals surface area (Å²) in [5.41, 5.74) is 1.90. The van der Waals surface area contributed by atoms with E-state index in [0.29, 0.717) is 29.4 Å². The molecule has 140 valence electrons. The summed E-state index contributed by atoms with van der Waals surface area (Å²) in [5.74, 6) is 1.49. The second-order valence-electron chi connectivity index (χ2n) is 5.80. The second-order valence-corrected chi connectivity index (χ2v) is 6.71. The largest absolute Gasteiger partial charge is 0.493 e. The molecule has 0 aliphatic rings. The van der Waals surface area contributed by atoms with Crippen LogP contribution in [0.4, 0.5) is 5.69 Å². The Kier molecular flexibility index (Phi) is 7.78. The van der Waals surface area contributed by atoms with Crippen LogP contribution in [0.2, 0.25) is 0 Å². The summed E-state index contributed by atoms with van der Waals surface area (Å²) in [6, 6.07) is 11.7. The quantitative estimate of drug-likeness (QED) is 0.589. The fourth-order valence-electron chi connectivity index (χ4n) is 2.64. The van der Waals surface area contributed by atoms with Gasteiger partial charge < -0.3 is 19.5 Å². The van der Waals surface area contributed by atoms with Gasteiger partial charge in [0.15, 0.2) is 11.5 Å². The molecule has 1 amide bonds. The number of halogens is 1. The molecule has 0 spiro atoms. The fourth-order valence-corrected chi connectivity index (χ4v) is 2.91. The molecule has 0 unspecified atom stereocenters. The molecule has 0 aliphatic carbocycles. The molecule has 0 aliphatic heterocycles. The highest BCUT2D eigenvalue weighted by Crippen LogP contribution is 2.39. The van der Waals surface area contributed by atoms with Crippen LogP contribution in [0, 0.1) is 0 Å². The maximum Gasteiger partial charge on any atom is 0.224 e. The predicted octanol–water partition coefficient (Wildman–Crippen LogP) is 4.83. The molecule has 2 aromatic rings. The zero-order valence-electron chi connectivity index (χ0n) is 15.3. The van der Waals surface area contributed by atoms with Crippen molar-refractivity contribution in [2.45, 2.75) is 25.7 Å². The van der Waals surface area contributed by atoms with Crippen LogP contribution < -0.4 is 19.5 Å². The van der Waals surface area contributed by atoms with Crippen LogP contribution in [0.1, 0.15) is 24.8 Å². The van der Waals surface area contributed by atoms with Crippen molar-refractivity contribution in [1.82, 2.24) is 0 Å². The van der Waals surface area contributed by atoms with Crippen molar-refractivity contribution in [1.29, 1.82) is 0 Å². The smallest absolute Gasteiger partial charge is 0.224 e. The molecule has 5 nitrogen and oxygen atoms in total. The lowest BCUT2D eigenvalue weighted by Gasteiger charge is -2.14. The van der Waals surface area contributed by atoms with Crippen LogP contribution >= 0.6 is 15.9 Å². The Labute approximate surface area is 162 Å². The summed E-state index contributed by atoms with van der Waals surface area (Å²) in [7, 11) is 4.64. The van der Waals surface area contributed by atoms with Crippen molar-refractivity contribution in [3.05, 3.63) is 46.4 Å². The van der Waals surface area contributed by atoms with Crippen molar-refractivity contribution in [3.63, 3.8) is 0 Å². The first-order valence-electron chi connectivity index (χ1n) is 8.41. The molecule has 0 heterocycles. The van der Waals surface area contributed by atoms with Crippen molar-refractivity contribution in [3.8, 4) is 17.2 Å². The third kappa shape index (κ3) is 5.66. The highest BCUT2D eigenvalue weighted by Gasteiger charge is 2.14. The number of benzene rings is 2. The molecular weight excluding hydrogens is 398 g/mol. The summed E-state index contributed by atoms with van der Waals surface area (Å²) in [6.45, 7) is 0. The first kappa shape index (κ1) is 20.1. The van der Waals surface area contributed by atoms with E-state index in [0.717, 1.165) is 23.7 Å². The number of amides is 1. The molecule has 26 heavy (non-hydrogen) atoms. The van der Waals surface area contributed by atoms with E-state index in [-0.39, 0.29) is 5.91 Å². The van der Waals surface area contributed by atoms with Gasteiger partial charge in [-0.1, -0.05) is 28.1 Å². The standard InChI is InChI=1S/C20H24BrNO4/c1-24-17-12-16(13-18(25-2)20(17)26-3)22-19(23)7-5-4-6-14-8-10-15(21)11-9-14/h8-13H,4-7H2,1-3H3,(H,22,23). The molecule has 0 saturated carbocycles. The van der Waals surface area contributed by atoms with E-state index >= 15 is 0 Å². The zero-order chi connectivity index (χ0) is 18.9. The molecule has 2 aromatic carbocycles. The van der Waals surface area contributed by atoms with Gasteiger partial charge in [-0.25, -0.2) is 0 Å². The molecule has 0 saturated heterocycles. The van der Waals surface area contributed by atoms with Crippen LogP contribution in [-0.4, -0.2) is 27.2 Å². The first-order chi connectivity index (χ1) is 12.6. The number of hydrogen-bond acceptors (Lipinski definition) is 4. The summed E-state index contributed by atoms with van der Waals surface area (Å²) >= 11 is 3.43. The van der Waals surface area contributed by atoms with Gasteiger partial charge in [-0.3, -0.25) is 4.79 Å². The van der Waals surface area contributed by atoms with Gasteiger partial charge in [-0.05, 0) is 37.0 Å². The van der Waals surface area contributed by atoms with Crippen LogP contribution in [0.15, 0.2) is 40.9 Å². The zero-order valence-corrected chi connectivity index (χ0v) is 16.9. The number of nitrogens with one attached hydrogen (secondary N) is 1. The van der Waals surface area contributed by atoms with Crippen molar-refractivity contribution >= 4 is 27.5 Å². The molecule has 6 heteroatoms. The SMILES string of the molecule is COc1cc(NC(=O)CCCCc2ccc(Br)cc2)cc(OC)c1OC. The molecule has 0 atom stereocenters. The minimum Gasteiger partial charge on any atom is -0.493 e. The number of anilines is 1. The van der Waals surface area contributed by atoms with E-state index in [1.54, 1.807) is 33.5 Å². The Balaban J connectivity index is 1.86. The Morgan fingerprint density at radius 1 is 0.962 bits per heavy atom. The van der Waals surface area contributed by atoms with Gasteiger partial charge >= 0.3 is 0 Å². The summed E-state index contributed by atoms with van der Waals surface area (Å²) in [4.78, 5) is 12.2. The summed E-state index contributed by atoms with van der Waals surface area (Å²) < 4.78 is 17.0. The molecule has 1 N–H and O–H groups in total. The van der Waals surface area contributed by atoms with Crippen LogP contribution in [-0.2, 0) is 11.2 Å². The lowest BCUT2D eigenvalue weighted by molar-refractivity contribution is -0.116. The highest BCUT2D eigenvalue weighted by atomic mass is 79.9. The van der Waals surface area contributed by atoms with E-state index in [9.17, 15) is 4.79 Å². The fraction of sp³-hybridized carbons (Fsp3) is 0.350. The monoisotopic (exact) mass is 421 g/mol. The Morgan fingerprint density at radius 2 is 1.58 bits per heavy atom. The van der Waals surface area contributed by atoms with E-state index in [1.807, 2.05) is 12.1 Å². The van der Waals surface area contributed by atoms with Gasteiger partial charge in [0.2, 0.25) is 11.7 Å². The average Bonchev–Trinajstić information content (AvgIpc) is 2.65. The molecule has 0 bridgehead atoms. The van der Waals surface area contributed by atoms with Crippen molar-refractivity contribution < 1.29 is 19.0 Å². The topological polar surface area (TPSA) is 56.8 Å². The van der Waals surface area contributed by atoms with E-state index in [2.05, 4.69) is 33.4 Å². The Hall–Kier alpha value is -2.21. The van der Waals surface area contributed by atoms with Crippen LogP contribution in [0.5, 0.6) is 17.2 Å². The van der Waals surface area contributed by atoms with Crippen molar-refractivity contribution in [2.75, 3.05) is 26.6 Å².